The molecule has 5 nitrogen and oxygen atoms in total. The van der Waals surface area contributed by atoms with Crippen molar-refractivity contribution in [3.05, 3.63) is 29.3 Å². The van der Waals surface area contributed by atoms with E-state index in [0.29, 0.717) is 28.1 Å². The molecule has 0 saturated carbocycles. The van der Waals surface area contributed by atoms with E-state index in [1.807, 2.05) is 6.07 Å². The Balaban J connectivity index is 1.66. The zero-order chi connectivity index (χ0) is 17.2. The Hall–Kier alpha value is -1.80. The SMILES string of the molecule is O=C(Nc1nc(-c2ccccc2Cl)ns1)N1CCCC(F)(F)CC1. The van der Waals surface area contributed by atoms with E-state index in [4.69, 9.17) is 11.6 Å². The largest absolute Gasteiger partial charge is 0.324 e. The third-order valence-corrected chi connectivity index (χ3v) is 4.72. The number of nitrogens with zero attached hydrogens (tertiary/aromatic N) is 3. The van der Waals surface area contributed by atoms with E-state index in [-0.39, 0.29) is 25.8 Å². The van der Waals surface area contributed by atoms with Crippen LogP contribution in [0.5, 0.6) is 0 Å². The summed E-state index contributed by atoms with van der Waals surface area (Å²) in [5.41, 5.74) is 0.672. The molecule has 128 valence electrons. The first-order valence-electron chi connectivity index (χ1n) is 7.47. The number of hydrogen-bond acceptors (Lipinski definition) is 4. The van der Waals surface area contributed by atoms with Crippen molar-refractivity contribution in [1.82, 2.24) is 14.3 Å². The van der Waals surface area contributed by atoms with E-state index in [2.05, 4.69) is 14.7 Å². The maximum atomic E-state index is 13.4. The summed E-state index contributed by atoms with van der Waals surface area (Å²) in [6, 6.07) is 6.70. The molecule has 1 aliphatic rings. The highest BCUT2D eigenvalue weighted by Crippen LogP contribution is 2.29. The van der Waals surface area contributed by atoms with Gasteiger partial charge in [0.1, 0.15) is 0 Å². The number of amides is 2. The molecule has 2 heterocycles. The molecule has 1 fully saturated rings. The van der Waals surface area contributed by atoms with E-state index >= 15 is 0 Å². The number of carbonyl (C=O) groups excluding carboxylic acids is 1. The number of likely N-dealkylation sites (tertiary alicyclic amines) is 1. The van der Waals surface area contributed by atoms with Gasteiger partial charge in [0.05, 0.1) is 5.02 Å². The highest BCUT2D eigenvalue weighted by molar-refractivity contribution is 7.10. The Morgan fingerprint density at radius 3 is 2.88 bits per heavy atom. The monoisotopic (exact) mass is 372 g/mol. The van der Waals surface area contributed by atoms with E-state index in [0.717, 1.165) is 11.5 Å². The Bertz CT molecular complexity index is 740. The fraction of sp³-hybridized carbons (Fsp3) is 0.400. The minimum atomic E-state index is -2.70. The summed E-state index contributed by atoms with van der Waals surface area (Å²) in [6.45, 7) is 0.326. The number of halogens is 3. The van der Waals surface area contributed by atoms with E-state index < -0.39 is 12.0 Å². The minimum absolute atomic E-state index is 0.0228. The van der Waals surface area contributed by atoms with Crippen molar-refractivity contribution < 1.29 is 13.6 Å². The average molecular weight is 373 g/mol. The number of rotatable bonds is 2. The Labute approximate surface area is 146 Å². The zero-order valence-electron chi connectivity index (χ0n) is 12.6. The van der Waals surface area contributed by atoms with Gasteiger partial charge in [-0.05, 0) is 18.6 Å². The first-order valence-corrected chi connectivity index (χ1v) is 8.62. The number of nitrogens with one attached hydrogen (secondary N) is 1. The van der Waals surface area contributed by atoms with Crippen molar-refractivity contribution in [2.75, 3.05) is 18.4 Å². The van der Waals surface area contributed by atoms with Crippen LogP contribution in [0.2, 0.25) is 5.02 Å². The molecule has 0 spiro atoms. The highest BCUT2D eigenvalue weighted by Gasteiger charge is 2.33. The lowest BCUT2D eigenvalue weighted by molar-refractivity contribution is -0.0121. The summed E-state index contributed by atoms with van der Waals surface area (Å²) >= 11 is 7.12. The third kappa shape index (κ3) is 3.99. The smallest absolute Gasteiger partial charge is 0.323 e. The molecule has 2 amide bonds. The second kappa shape index (κ2) is 6.98. The lowest BCUT2D eigenvalue weighted by Crippen LogP contribution is -2.36. The van der Waals surface area contributed by atoms with Crippen LogP contribution in [-0.4, -0.2) is 39.3 Å². The van der Waals surface area contributed by atoms with Gasteiger partial charge in [0, 0.05) is 43.0 Å². The van der Waals surface area contributed by atoms with Gasteiger partial charge in [-0.25, -0.2) is 13.6 Å². The van der Waals surface area contributed by atoms with Gasteiger partial charge >= 0.3 is 6.03 Å². The van der Waals surface area contributed by atoms with Crippen molar-refractivity contribution >= 4 is 34.3 Å². The number of urea groups is 1. The van der Waals surface area contributed by atoms with Crippen molar-refractivity contribution in [3.63, 3.8) is 0 Å². The topological polar surface area (TPSA) is 58.1 Å². The van der Waals surface area contributed by atoms with Gasteiger partial charge in [-0.1, -0.05) is 23.7 Å². The van der Waals surface area contributed by atoms with Crippen LogP contribution in [0.1, 0.15) is 19.3 Å². The summed E-state index contributed by atoms with van der Waals surface area (Å²) in [6.07, 6.45) is -0.227. The fourth-order valence-electron chi connectivity index (χ4n) is 2.46. The van der Waals surface area contributed by atoms with Crippen LogP contribution >= 0.6 is 23.1 Å². The van der Waals surface area contributed by atoms with Crippen molar-refractivity contribution in [2.24, 2.45) is 0 Å². The Morgan fingerprint density at radius 2 is 2.08 bits per heavy atom. The van der Waals surface area contributed by atoms with Gasteiger partial charge in [0.15, 0.2) is 5.82 Å². The molecule has 1 saturated heterocycles. The molecule has 1 aromatic heterocycles. The number of alkyl halides is 2. The Morgan fingerprint density at radius 1 is 1.29 bits per heavy atom. The molecule has 9 heteroatoms. The Kier molecular flexibility index (Phi) is 4.96. The summed E-state index contributed by atoms with van der Waals surface area (Å²) < 4.78 is 30.9. The molecule has 1 N–H and O–H groups in total. The van der Waals surface area contributed by atoms with Crippen LogP contribution < -0.4 is 5.32 Å². The van der Waals surface area contributed by atoms with Crippen LogP contribution in [0.4, 0.5) is 18.7 Å². The molecule has 0 unspecified atom stereocenters. The minimum Gasteiger partial charge on any atom is -0.324 e. The molecule has 2 aromatic rings. The second-order valence-electron chi connectivity index (χ2n) is 5.53. The third-order valence-electron chi connectivity index (χ3n) is 3.76. The highest BCUT2D eigenvalue weighted by atomic mass is 35.5. The molecular weight excluding hydrogens is 358 g/mol. The fourth-order valence-corrected chi connectivity index (χ4v) is 3.26. The van der Waals surface area contributed by atoms with Crippen LogP contribution in [0.3, 0.4) is 0 Å². The number of carbonyl (C=O) groups is 1. The van der Waals surface area contributed by atoms with Gasteiger partial charge in [-0.3, -0.25) is 5.32 Å². The summed E-state index contributed by atoms with van der Waals surface area (Å²) in [7, 11) is 0. The van der Waals surface area contributed by atoms with Gasteiger partial charge in [-0.2, -0.15) is 9.36 Å². The molecule has 0 aliphatic carbocycles. The average Bonchev–Trinajstić information content (AvgIpc) is 2.90. The first kappa shape index (κ1) is 17.0. The van der Waals surface area contributed by atoms with Crippen molar-refractivity contribution in [3.8, 4) is 11.4 Å². The van der Waals surface area contributed by atoms with Crippen molar-refractivity contribution in [2.45, 2.75) is 25.2 Å². The van der Waals surface area contributed by atoms with Crippen LogP contribution in [0.25, 0.3) is 11.4 Å². The predicted octanol–water partition coefficient (Wildman–Crippen LogP) is 4.51. The van der Waals surface area contributed by atoms with E-state index in [1.54, 1.807) is 18.2 Å². The molecule has 0 radical (unpaired) electrons. The zero-order valence-corrected chi connectivity index (χ0v) is 14.2. The first-order chi connectivity index (χ1) is 11.4. The lowest BCUT2D eigenvalue weighted by Gasteiger charge is -2.19. The number of hydrogen-bond donors (Lipinski definition) is 1. The summed E-state index contributed by atoms with van der Waals surface area (Å²) in [5, 5.41) is 3.45. The van der Waals surface area contributed by atoms with Gasteiger partial charge in [-0.15, -0.1) is 0 Å². The quantitative estimate of drug-likeness (QED) is 0.843. The summed E-state index contributed by atoms with van der Waals surface area (Å²) in [4.78, 5) is 17.9. The van der Waals surface area contributed by atoms with Gasteiger partial charge < -0.3 is 4.90 Å². The molecule has 0 atom stereocenters. The van der Waals surface area contributed by atoms with Crippen LogP contribution in [0.15, 0.2) is 24.3 Å². The maximum absolute atomic E-state index is 13.4. The molecular formula is C15H15ClF2N4OS. The number of benzene rings is 1. The predicted molar refractivity (Wildman–Crippen MR) is 89.7 cm³/mol. The summed E-state index contributed by atoms with van der Waals surface area (Å²) in [5.74, 6) is -2.28. The lowest BCUT2D eigenvalue weighted by atomic mass is 10.1. The molecule has 1 aliphatic heterocycles. The molecule has 0 bridgehead atoms. The normalized spacial score (nSPS) is 17.4. The maximum Gasteiger partial charge on any atom is 0.323 e. The molecule has 1 aromatic carbocycles. The standard InChI is InChI=1S/C15H15ClF2N4OS/c16-11-5-2-1-4-10(11)12-19-13(24-21-12)20-14(23)22-8-3-6-15(17,18)7-9-22/h1-2,4-5H,3,6-9H2,(H,19,20,21,23). The van der Waals surface area contributed by atoms with Crippen LogP contribution in [-0.2, 0) is 0 Å². The van der Waals surface area contributed by atoms with E-state index in [9.17, 15) is 13.6 Å². The number of anilines is 1. The molecule has 3 rings (SSSR count). The van der Waals surface area contributed by atoms with Gasteiger partial charge in [0.2, 0.25) is 11.1 Å². The van der Waals surface area contributed by atoms with Crippen molar-refractivity contribution in [1.29, 1.82) is 0 Å². The second-order valence-corrected chi connectivity index (χ2v) is 6.69. The van der Waals surface area contributed by atoms with Gasteiger partial charge in [0.25, 0.3) is 0 Å². The molecule has 24 heavy (non-hydrogen) atoms. The van der Waals surface area contributed by atoms with E-state index in [1.165, 1.54) is 4.90 Å². The number of aromatic nitrogens is 2. The van der Waals surface area contributed by atoms with Crippen LogP contribution in [0, 0.1) is 0 Å².